The third kappa shape index (κ3) is 2.47. The zero-order chi connectivity index (χ0) is 16.2. The highest BCUT2D eigenvalue weighted by atomic mass is 19.1. The Morgan fingerprint density at radius 1 is 1.14 bits per heavy atom. The first-order valence-corrected chi connectivity index (χ1v) is 6.86. The van der Waals surface area contributed by atoms with Crippen LogP contribution in [0.5, 0.6) is 0 Å². The van der Waals surface area contributed by atoms with Gasteiger partial charge in [-0.25, -0.2) is 9.18 Å². The van der Waals surface area contributed by atoms with E-state index in [4.69, 9.17) is 9.31 Å². The van der Waals surface area contributed by atoms with Crippen molar-refractivity contribution < 1.29 is 23.6 Å². The number of hydrogen-bond donors (Lipinski definition) is 1. The lowest BCUT2D eigenvalue weighted by Gasteiger charge is -2.32. The highest BCUT2D eigenvalue weighted by Crippen LogP contribution is 2.37. The average Bonchev–Trinajstić information content (AvgIpc) is 2.55. The van der Waals surface area contributed by atoms with Gasteiger partial charge in [-0.3, -0.25) is 0 Å². The Bertz CT molecular complexity index is 594. The van der Waals surface area contributed by atoms with Crippen molar-refractivity contribution in [2.75, 3.05) is 0 Å². The topological polar surface area (TPSA) is 55.8 Å². The lowest BCUT2D eigenvalue weighted by atomic mass is 9.74. The molecule has 0 radical (unpaired) electrons. The van der Waals surface area contributed by atoms with Crippen molar-refractivity contribution in [1.82, 2.24) is 0 Å². The van der Waals surface area contributed by atoms with E-state index in [1.807, 2.05) is 27.7 Å². The Morgan fingerprint density at radius 2 is 1.62 bits per heavy atom. The maximum atomic E-state index is 14.3. The van der Waals surface area contributed by atoms with Crippen LogP contribution in [0.25, 0.3) is 0 Å². The second kappa shape index (κ2) is 4.82. The summed E-state index contributed by atoms with van der Waals surface area (Å²) in [5, 5.41) is 9.21. The predicted molar refractivity (Wildman–Crippen MR) is 78.5 cm³/mol. The van der Waals surface area contributed by atoms with Crippen LogP contribution in [0, 0.1) is 19.7 Å². The van der Waals surface area contributed by atoms with E-state index in [9.17, 15) is 14.3 Å². The van der Waals surface area contributed by atoms with Crippen molar-refractivity contribution in [2.45, 2.75) is 52.7 Å². The third-order valence-corrected chi connectivity index (χ3v) is 4.53. The Hall–Kier alpha value is -1.40. The monoisotopic (exact) mass is 294 g/mol. The van der Waals surface area contributed by atoms with Gasteiger partial charge in [-0.05, 0) is 64.2 Å². The molecule has 21 heavy (non-hydrogen) atoms. The first-order chi connectivity index (χ1) is 9.48. The van der Waals surface area contributed by atoms with Gasteiger partial charge < -0.3 is 14.4 Å². The van der Waals surface area contributed by atoms with Crippen LogP contribution in [0.2, 0.25) is 0 Å². The van der Waals surface area contributed by atoms with E-state index < -0.39 is 30.1 Å². The summed E-state index contributed by atoms with van der Waals surface area (Å²) >= 11 is 0. The molecule has 1 aromatic rings. The molecule has 4 nitrogen and oxygen atoms in total. The second-order valence-corrected chi connectivity index (χ2v) is 6.47. The Labute approximate surface area is 124 Å². The van der Waals surface area contributed by atoms with Crippen molar-refractivity contribution in [3.05, 3.63) is 28.6 Å². The van der Waals surface area contributed by atoms with Crippen molar-refractivity contribution in [2.24, 2.45) is 0 Å². The number of rotatable bonds is 2. The molecule has 1 saturated heterocycles. The molecule has 0 aliphatic carbocycles. The molecule has 1 aliphatic rings. The summed E-state index contributed by atoms with van der Waals surface area (Å²) in [6.07, 6.45) is 0. The highest BCUT2D eigenvalue weighted by molar-refractivity contribution is 6.62. The van der Waals surface area contributed by atoms with Crippen molar-refractivity contribution >= 4 is 18.6 Å². The van der Waals surface area contributed by atoms with Crippen LogP contribution in [0.15, 0.2) is 6.07 Å². The van der Waals surface area contributed by atoms with Crippen LogP contribution in [0.4, 0.5) is 4.39 Å². The molecule has 0 bridgehead atoms. The summed E-state index contributed by atoms with van der Waals surface area (Å²) in [5.41, 5.74) is -0.280. The van der Waals surface area contributed by atoms with Crippen LogP contribution in [0.3, 0.4) is 0 Å². The highest BCUT2D eigenvalue weighted by Gasteiger charge is 2.52. The molecule has 0 amide bonds. The second-order valence-electron chi connectivity index (χ2n) is 6.47. The molecular weight excluding hydrogens is 274 g/mol. The minimum atomic E-state index is -1.16. The van der Waals surface area contributed by atoms with Gasteiger partial charge >= 0.3 is 13.1 Å². The molecule has 0 aromatic heterocycles. The number of carboxylic acids is 1. The largest absolute Gasteiger partial charge is 0.495 e. The molecule has 0 unspecified atom stereocenters. The number of halogens is 1. The average molecular weight is 294 g/mol. The SMILES string of the molecule is Cc1c(B2OC(C)(C)C(C)(C)O2)cc(C(=O)O)c(C)c1F. The fourth-order valence-electron chi connectivity index (χ4n) is 2.34. The van der Waals surface area contributed by atoms with E-state index in [1.54, 1.807) is 6.92 Å². The van der Waals surface area contributed by atoms with Crippen LogP contribution < -0.4 is 5.46 Å². The molecule has 2 rings (SSSR count). The van der Waals surface area contributed by atoms with E-state index in [0.717, 1.165) is 0 Å². The summed E-state index contributed by atoms with van der Waals surface area (Å²) in [6, 6.07) is 1.44. The summed E-state index contributed by atoms with van der Waals surface area (Å²) in [7, 11) is -0.775. The maximum Gasteiger partial charge on any atom is 0.495 e. The van der Waals surface area contributed by atoms with Gasteiger partial charge in [0, 0.05) is 0 Å². The summed E-state index contributed by atoms with van der Waals surface area (Å²) in [6.45, 7) is 10.6. The van der Waals surface area contributed by atoms with E-state index in [0.29, 0.717) is 11.0 Å². The smallest absolute Gasteiger partial charge is 0.478 e. The maximum absolute atomic E-state index is 14.3. The first-order valence-electron chi connectivity index (χ1n) is 6.86. The van der Waals surface area contributed by atoms with E-state index in [2.05, 4.69) is 0 Å². The summed E-state index contributed by atoms with van der Waals surface area (Å²) in [4.78, 5) is 11.3. The van der Waals surface area contributed by atoms with Crippen LogP contribution in [-0.2, 0) is 9.31 Å². The van der Waals surface area contributed by atoms with Crippen LogP contribution >= 0.6 is 0 Å². The summed E-state index contributed by atoms with van der Waals surface area (Å²) < 4.78 is 26.0. The lowest BCUT2D eigenvalue weighted by molar-refractivity contribution is 0.00578. The number of benzene rings is 1. The van der Waals surface area contributed by atoms with Crippen LogP contribution in [-0.4, -0.2) is 29.4 Å². The zero-order valence-corrected chi connectivity index (χ0v) is 13.2. The van der Waals surface area contributed by atoms with E-state index >= 15 is 0 Å². The number of carbonyl (C=O) groups is 1. The molecule has 6 heteroatoms. The van der Waals surface area contributed by atoms with Gasteiger partial charge in [0.2, 0.25) is 0 Å². The number of carboxylic acid groups (broad SMARTS) is 1. The molecule has 1 fully saturated rings. The van der Waals surface area contributed by atoms with E-state index in [-0.39, 0.29) is 11.1 Å². The molecule has 0 spiro atoms. The molecule has 0 atom stereocenters. The Kier molecular flexibility index (Phi) is 3.67. The fourth-order valence-corrected chi connectivity index (χ4v) is 2.34. The molecule has 0 saturated carbocycles. The van der Waals surface area contributed by atoms with Gasteiger partial charge in [-0.1, -0.05) is 0 Å². The van der Waals surface area contributed by atoms with Gasteiger partial charge in [0.15, 0.2) is 0 Å². The molecular formula is C15H20BFO4. The van der Waals surface area contributed by atoms with E-state index in [1.165, 1.54) is 13.0 Å². The lowest BCUT2D eigenvalue weighted by Crippen LogP contribution is -2.41. The normalized spacial score (nSPS) is 19.9. The number of hydrogen-bond acceptors (Lipinski definition) is 3. The third-order valence-electron chi connectivity index (χ3n) is 4.53. The van der Waals surface area contributed by atoms with Gasteiger partial charge in [-0.2, -0.15) is 0 Å². The van der Waals surface area contributed by atoms with Gasteiger partial charge in [0.05, 0.1) is 16.8 Å². The Morgan fingerprint density at radius 3 is 2.05 bits per heavy atom. The van der Waals surface area contributed by atoms with Gasteiger partial charge in [0.1, 0.15) is 5.82 Å². The summed E-state index contributed by atoms with van der Waals surface area (Å²) in [5.74, 6) is -1.69. The zero-order valence-electron chi connectivity index (χ0n) is 13.2. The fraction of sp³-hybridized carbons (Fsp3) is 0.533. The van der Waals surface area contributed by atoms with Crippen LogP contribution in [0.1, 0.15) is 49.2 Å². The molecule has 1 N–H and O–H groups in total. The van der Waals surface area contributed by atoms with Crippen molar-refractivity contribution in [3.8, 4) is 0 Å². The quantitative estimate of drug-likeness (QED) is 0.851. The predicted octanol–water partition coefficient (Wildman–Crippen LogP) is 2.44. The van der Waals surface area contributed by atoms with Crippen molar-refractivity contribution in [1.29, 1.82) is 0 Å². The minimum Gasteiger partial charge on any atom is -0.478 e. The molecule has 1 aliphatic heterocycles. The van der Waals surface area contributed by atoms with Gasteiger partial charge in [0.25, 0.3) is 0 Å². The minimum absolute atomic E-state index is 0.0668. The first kappa shape index (κ1) is 16.0. The Balaban J connectivity index is 2.54. The number of aromatic carboxylic acids is 1. The molecule has 114 valence electrons. The molecule has 1 heterocycles. The van der Waals surface area contributed by atoms with Crippen molar-refractivity contribution in [3.63, 3.8) is 0 Å². The van der Waals surface area contributed by atoms with Gasteiger partial charge in [-0.15, -0.1) is 0 Å². The standard InChI is InChI=1S/C15H20BFO4/c1-8-10(13(18)19)7-11(9(2)12(8)17)16-20-14(3,4)15(5,6)21-16/h7H,1-6H3,(H,18,19). The molecule has 1 aromatic carbocycles.